The number of hydrogen-bond donors (Lipinski definition) is 0. The predicted octanol–water partition coefficient (Wildman–Crippen LogP) is 2.13. The van der Waals surface area contributed by atoms with Crippen LogP contribution in [-0.2, 0) is 10.0 Å². The Hall–Kier alpha value is -0.600. The molecule has 0 heterocycles. The summed E-state index contributed by atoms with van der Waals surface area (Å²) >= 11 is 0. The van der Waals surface area contributed by atoms with Crippen molar-refractivity contribution >= 4 is 10.0 Å². The van der Waals surface area contributed by atoms with Gasteiger partial charge in [-0.3, -0.25) is 0 Å². The zero-order valence-corrected chi connectivity index (χ0v) is 11.7. The van der Waals surface area contributed by atoms with E-state index in [9.17, 15) is 8.42 Å². The van der Waals surface area contributed by atoms with Crippen LogP contribution in [0.25, 0.3) is 0 Å². The van der Waals surface area contributed by atoms with Gasteiger partial charge in [0.05, 0.1) is 6.07 Å². The van der Waals surface area contributed by atoms with Crippen molar-refractivity contribution in [3.8, 4) is 6.07 Å². The van der Waals surface area contributed by atoms with Gasteiger partial charge in [-0.25, -0.2) is 8.42 Å². The van der Waals surface area contributed by atoms with Crippen LogP contribution >= 0.6 is 0 Å². The molecule has 1 aliphatic rings. The second-order valence-corrected chi connectivity index (χ2v) is 7.42. The number of nitrogens with zero attached hydrogens (tertiary/aromatic N) is 2. The molecule has 98 valence electrons. The summed E-state index contributed by atoms with van der Waals surface area (Å²) in [4.78, 5) is 0. The average molecular weight is 258 g/mol. The summed E-state index contributed by atoms with van der Waals surface area (Å²) in [6.07, 6.45) is 4.06. The minimum atomic E-state index is -3.46. The van der Waals surface area contributed by atoms with Crippen molar-refractivity contribution in [1.29, 1.82) is 5.26 Å². The molecule has 0 amide bonds. The molecule has 1 unspecified atom stereocenters. The molecule has 0 bridgehead atoms. The van der Waals surface area contributed by atoms with Gasteiger partial charge in [-0.15, -0.1) is 0 Å². The van der Waals surface area contributed by atoms with E-state index in [1.54, 1.807) is 4.31 Å². The Morgan fingerprint density at radius 3 is 2.24 bits per heavy atom. The minimum absolute atomic E-state index is 0.109. The van der Waals surface area contributed by atoms with Gasteiger partial charge in [-0.1, -0.05) is 26.7 Å². The standard InChI is InChI=1S/C12H22N2O2S/c1-10(2)9-14(12-6-4-5-7-12)17(15,16)11(3)8-13/h10-12H,4-7,9H2,1-3H3. The summed E-state index contributed by atoms with van der Waals surface area (Å²) in [6.45, 7) is 6.01. The van der Waals surface area contributed by atoms with Crippen LogP contribution in [0, 0.1) is 17.2 Å². The van der Waals surface area contributed by atoms with E-state index in [1.807, 2.05) is 19.9 Å². The molecule has 1 rings (SSSR count). The highest BCUT2D eigenvalue weighted by molar-refractivity contribution is 7.90. The van der Waals surface area contributed by atoms with Crippen molar-refractivity contribution in [2.75, 3.05) is 6.54 Å². The normalized spacial score (nSPS) is 19.8. The monoisotopic (exact) mass is 258 g/mol. The fourth-order valence-electron chi connectivity index (χ4n) is 2.28. The van der Waals surface area contributed by atoms with Gasteiger partial charge >= 0.3 is 0 Å². The molecular weight excluding hydrogens is 236 g/mol. The maximum atomic E-state index is 12.3. The van der Waals surface area contributed by atoms with E-state index < -0.39 is 15.3 Å². The van der Waals surface area contributed by atoms with Crippen LogP contribution in [0.1, 0.15) is 46.5 Å². The molecule has 0 N–H and O–H groups in total. The Morgan fingerprint density at radius 2 is 1.82 bits per heavy atom. The Morgan fingerprint density at radius 1 is 1.29 bits per heavy atom. The van der Waals surface area contributed by atoms with Crippen molar-refractivity contribution in [1.82, 2.24) is 4.31 Å². The van der Waals surface area contributed by atoms with E-state index in [1.165, 1.54) is 6.92 Å². The topological polar surface area (TPSA) is 61.2 Å². The van der Waals surface area contributed by atoms with Crippen LogP contribution in [-0.4, -0.2) is 30.6 Å². The molecular formula is C12H22N2O2S. The fourth-order valence-corrected chi connectivity index (χ4v) is 3.95. The van der Waals surface area contributed by atoms with E-state index in [-0.39, 0.29) is 12.0 Å². The first-order valence-electron chi connectivity index (χ1n) is 6.30. The summed E-state index contributed by atoms with van der Waals surface area (Å²) in [5.41, 5.74) is 0. The fraction of sp³-hybridized carbons (Fsp3) is 0.917. The van der Waals surface area contributed by atoms with Gasteiger partial charge in [-0.05, 0) is 25.7 Å². The van der Waals surface area contributed by atoms with Crippen molar-refractivity contribution < 1.29 is 8.42 Å². The van der Waals surface area contributed by atoms with Crippen molar-refractivity contribution in [2.45, 2.75) is 57.7 Å². The Kier molecular flexibility index (Phi) is 4.96. The molecule has 0 spiro atoms. The number of rotatable bonds is 5. The number of hydrogen-bond acceptors (Lipinski definition) is 3. The van der Waals surface area contributed by atoms with Crippen LogP contribution in [0.4, 0.5) is 0 Å². The zero-order valence-electron chi connectivity index (χ0n) is 10.9. The minimum Gasteiger partial charge on any atom is -0.211 e. The van der Waals surface area contributed by atoms with E-state index >= 15 is 0 Å². The second kappa shape index (κ2) is 5.83. The largest absolute Gasteiger partial charge is 0.230 e. The lowest BCUT2D eigenvalue weighted by atomic mass is 10.2. The lowest BCUT2D eigenvalue weighted by Crippen LogP contribution is -2.44. The predicted molar refractivity (Wildman–Crippen MR) is 67.8 cm³/mol. The zero-order chi connectivity index (χ0) is 13.1. The summed E-state index contributed by atoms with van der Waals surface area (Å²) in [7, 11) is -3.46. The van der Waals surface area contributed by atoms with Crippen molar-refractivity contribution in [2.24, 2.45) is 5.92 Å². The molecule has 0 aromatic carbocycles. The van der Waals surface area contributed by atoms with Gasteiger partial charge in [0.15, 0.2) is 5.25 Å². The average Bonchev–Trinajstić information content (AvgIpc) is 2.77. The van der Waals surface area contributed by atoms with Gasteiger partial charge in [0.1, 0.15) is 0 Å². The van der Waals surface area contributed by atoms with Gasteiger partial charge in [0, 0.05) is 12.6 Å². The van der Waals surface area contributed by atoms with Gasteiger partial charge < -0.3 is 0 Å². The third kappa shape index (κ3) is 3.43. The molecule has 0 aromatic rings. The summed E-state index contributed by atoms with van der Waals surface area (Å²) in [5.74, 6) is 0.288. The third-order valence-electron chi connectivity index (χ3n) is 3.23. The molecule has 0 saturated heterocycles. The lowest BCUT2D eigenvalue weighted by molar-refractivity contribution is 0.291. The Bertz CT molecular complexity index is 378. The van der Waals surface area contributed by atoms with E-state index in [0.717, 1.165) is 25.7 Å². The summed E-state index contributed by atoms with van der Waals surface area (Å²) < 4.78 is 26.2. The van der Waals surface area contributed by atoms with Crippen LogP contribution in [0.3, 0.4) is 0 Å². The molecule has 0 aromatic heterocycles. The van der Waals surface area contributed by atoms with Crippen molar-refractivity contribution in [3.05, 3.63) is 0 Å². The molecule has 4 nitrogen and oxygen atoms in total. The number of nitriles is 1. The number of sulfonamides is 1. The van der Waals surface area contributed by atoms with Crippen LogP contribution in [0.5, 0.6) is 0 Å². The Balaban J connectivity index is 2.93. The molecule has 0 aliphatic heterocycles. The molecule has 5 heteroatoms. The third-order valence-corrected chi connectivity index (χ3v) is 5.33. The van der Waals surface area contributed by atoms with Gasteiger partial charge in [-0.2, -0.15) is 9.57 Å². The van der Waals surface area contributed by atoms with E-state index in [2.05, 4.69) is 0 Å². The smallest absolute Gasteiger partial charge is 0.211 e. The quantitative estimate of drug-likeness (QED) is 0.759. The van der Waals surface area contributed by atoms with Gasteiger partial charge in [0.2, 0.25) is 10.0 Å². The lowest BCUT2D eigenvalue weighted by Gasteiger charge is -2.30. The molecule has 17 heavy (non-hydrogen) atoms. The first-order valence-corrected chi connectivity index (χ1v) is 7.80. The van der Waals surface area contributed by atoms with E-state index in [4.69, 9.17) is 5.26 Å². The highest BCUT2D eigenvalue weighted by Crippen LogP contribution is 2.27. The second-order valence-electron chi connectivity index (χ2n) is 5.22. The summed E-state index contributed by atoms with van der Waals surface area (Å²) in [5, 5.41) is 7.90. The highest BCUT2D eigenvalue weighted by Gasteiger charge is 2.35. The maximum Gasteiger partial charge on any atom is 0.230 e. The van der Waals surface area contributed by atoms with Crippen LogP contribution in [0.15, 0.2) is 0 Å². The molecule has 1 fully saturated rings. The van der Waals surface area contributed by atoms with Gasteiger partial charge in [0.25, 0.3) is 0 Å². The molecule has 0 radical (unpaired) electrons. The first kappa shape index (κ1) is 14.5. The van der Waals surface area contributed by atoms with Crippen LogP contribution < -0.4 is 0 Å². The first-order chi connectivity index (χ1) is 7.89. The van der Waals surface area contributed by atoms with Crippen molar-refractivity contribution in [3.63, 3.8) is 0 Å². The maximum absolute atomic E-state index is 12.3. The molecule has 1 atom stereocenters. The SMILES string of the molecule is CC(C)CN(C1CCCC1)S(=O)(=O)C(C)C#N. The molecule has 1 aliphatic carbocycles. The summed E-state index contributed by atoms with van der Waals surface area (Å²) in [6, 6.07) is 1.96. The van der Waals surface area contributed by atoms with E-state index in [0.29, 0.717) is 6.54 Å². The Labute approximate surface area is 105 Å². The van der Waals surface area contributed by atoms with Crippen LogP contribution in [0.2, 0.25) is 0 Å². The highest BCUT2D eigenvalue weighted by atomic mass is 32.2. The molecule has 1 saturated carbocycles.